The van der Waals surface area contributed by atoms with E-state index in [1.807, 2.05) is 0 Å². The molecule has 1 rings (SSSR count). The number of aliphatic carboxylic acids is 1. The van der Waals surface area contributed by atoms with E-state index in [0.29, 0.717) is 5.75 Å². The van der Waals surface area contributed by atoms with Crippen molar-refractivity contribution in [1.29, 1.82) is 0 Å². The number of rotatable bonds is 4. The van der Waals surface area contributed by atoms with Gasteiger partial charge in [-0.2, -0.15) is 0 Å². The summed E-state index contributed by atoms with van der Waals surface area (Å²) in [4.78, 5) is 23.1. The SMILES string of the molecule is COc1ccc(C(NC(=O)OC(C)(C)C)C(=O)O)c(Cl)c1. The summed E-state index contributed by atoms with van der Waals surface area (Å²) in [5.74, 6) is -0.752. The minimum atomic E-state index is -1.31. The molecule has 0 aliphatic heterocycles. The Kier molecular flexibility index (Phi) is 5.43. The highest BCUT2D eigenvalue weighted by Gasteiger charge is 2.27. The quantitative estimate of drug-likeness (QED) is 0.892. The first-order valence-electron chi connectivity index (χ1n) is 6.20. The fourth-order valence-electron chi connectivity index (χ4n) is 1.57. The van der Waals surface area contributed by atoms with E-state index in [1.54, 1.807) is 26.8 Å². The molecule has 1 unspecified atom stereocenters. The van der Waals surface area contributed by atoms with Gasteiger partial charge in [-0.05, 0) is 32.9 Å². The number of amides is 1. The Labute approximate surface area is 128 Å². The molecule has 0 aliphatic carbocycles. The lowest BCUT2D eigenvalue weighted by Crippen LogP contribution is -2.38. The van der Waals surface area contributed by atoms with E-state index in [2.05, 4.69) is 5.32 Å². The van der Waals surface area contributed by atoms with E-state index >= 15 is 0 Å². The van der Waals surface area contributed by atoms with Crippen LogP contribution in [-0.2, 0) is 9.53 Å². The molecule has 2 N–H and O–H groups in total. The van der Waals surface area contributed by atoms with Crippen LogP contribution in [0.15, 0.2) is 18.2 Å². The van der Waals surface area contributed by atoms with Gasteiger partial charge in [0.1, 0.15) is 11.4 Å². The van der Waals surface area contributed by atoms with Crippen LogP contribution in [0.1, 0.15) is 32.4 Å². The summed E-state index contributed by atoms with van der Waals surface area (Å²) >= 11 is 6.03. The van der Waals surface area contributed by atoms with Gasteiger partial charge in [-0.1, -0.05) is 17.7 Å². The Hall–Kier alpha value is -1.95. The summed E-state index contributed by atoms with van der Waals surface area (Å²) in [6.07, 6.45) is -0.832. The van der Waals surface area contributed by atoms with Crippen molar-refractivity contribution in [3.8, 4) is 5.75 Å². The summed E-state index contributed by atoms with van der Waals surface area (Å²) in [6.45, 7) is 5.05. The van der Waals surface area contributed by atoms with Gasteiger partial charge in [0.2, 0.25) is 0 Å². The zero-order chi connectivity index (χ0) is 16.2. The fourth-order valence-corrected chi connectivity index (χ4v) is 1.85. The summed E-state index contributed by atoms with van der Waals surface area (Å²) < 4.78 is 10.0. The molecule has 0 aromatic heterocycles. The summed E-state index contributed by atoms with van der Waals surface area (Å²) in [6, 6.07) is 3.22. The number of carboxylic acids is 1. The Morgan fingerprint density at radius 3 is 2.38 bits per heavy atom. The Morgan fingerprint density at radius 1 is 1.33 bits per heavy atom. The number of alkyl carbamates (subject to hydrolysis) is 1. The van der Waals surface area contributed by atoms with E-state index in [0.717, 1.165) is 0 Å². The molecule has 1 atom stereocenters. The predicted octanol–water partition coefficient (Wildman–Crippen LogP) is 3.00. The monoisotopic (exact) mass is 315 g/mol. The van der Waals surface area contributed by atoms with E-state index in [1.165, 1.54) is 19.2 Å². The first-order chi connectivity index (χ1) is 9.64. The molecule has 0 heterocycles. The van der Waals surface area contributed by atoms with Gasteiger partial charge in [0.15, 0.2) is 6.04 Å². The largest absolute Gasteiger partial charge is 0.497 e. The number of carbonyl (C=O) groups is 2. The highest BCUT2D eigenvalue weighted by molar-refractivity contribution is 6.31. The number of carboxylic acid groups (broad SMARTS) is 1. The molecule has 1 aromatic rings. The van der Waals surface area contributed by atoms with Crippen LogP contribution in [0.4, 0.5) is 4.79 Å². The molecular formula is C14H18ClNO5. The van der Waals surface area contributed by atoms with Crippen molar-refractivity contribution in [2.24, 2.45) is 0 Å². The number of carbonyl (C=O) groups excluding carboxylic acids is 1. The summed E-state index contributed by atoms with van der Waals surface area (Å²) in [5, 5.41) is 11.7. The van der Waals surface area contributed by atoms with Crippen LogP contribution in [0.3, 0.4) is 0 Å². The van der Waals surface area contributed by atoms with E-state index in [-0.39, 0.29) is 10.6 Å². The minimum Gasteiger partial charge on any atom is -0.497 e. The number of benzene rings is 1. The Morgan fingerprint density at radius 2 is 1.95 bits per heavy atom. The number of ether oxygens (including phenoxy) is 2. The highest BCUT2D eigenvalue weighted by Crippen LogP contribution is 2.27. The molecule has 21 heavy (non-hydrogen) atoms. The standard InChI is InChI=1S/C14H18ClNO5/c1-14(2,3)21-13(19)16-11(12(17)18)9-6-5-8(20-4)7-10(9)15/h5-7,11H,1-4H3,(H,16,19)(H,17,18). The van der Waals surface area contributed by atoms with Crippen molar-refractivity contribution >= 4 is 23.7 Å². The normalized spacial score (nSPS) is 12.4. The van der Waals surface area contributed by atoms with Gasteiger partial charge in [-0.3, -0.25) is 0 Å². The van der Waals surface area contributed by atoms with Crippen LogP contribution in [0.25, 0.3) is 0 Å². The maximum Gasteiger partial charge on any atom is 0.408 e. The van der Waals surface area contributed by atoms with Crippen LogP contribution in [0.5, 0.6) is 5.75 Å². The lowest BCUT2D eigenvalue weighted by molar-refractivity contribution is -0.139. The molecule has 0 aliphatic rings. The van der Waals surface area contributed by atoms with E-state index < -0.39 is 23.7 Å². The topological polar surface area (TPSA) is 84.9 Å². The molecule has 0 saturated heterocycles. The average molecular weight is 316 g/mol. The maximum atomic E-state index is 11.7. The highest BCUT2D eigenvalue weighted by atomic mass is 35.5. The second-order valence-electron chi connectivity index (χ2n) is 5.30. The van der Waals surface area contributed by atoms with Crippen molar-refractivity contribution in [2.45, 2.75) is 32.4 Å². The molecule has 1 amide bonds. The third-order valence-electron chi connectivity index (χ3n) is 2.43. The molecule has 1 aromatic carbocycles. The van der Waals surface area contributed by atoms with Crippen LogP contribution < -0.4 is 10.1 Å². The summed E-state index contributed by atoms with van der Waals surface area (Å²) in [7, 11) is 1.47. The first kappa shape index (κ1) is 17.1. The fraction of sp³-hybridized carbons (Fsp3) is 0.429. The molecule has 6 nitrogen and oxygen atoms in total. The van der Waals surface area contributed by atoms with Gasteiger partial charge in [0.25, 0.3) is 0 Å². The van der Waals surface area contributed by atoms with Gasteiger partial charge >= 0.3 is 12.1 Å². The number of hydrogen-bond donors (Lipinski definition) is 2. The molecule has 0 fully saturated rings. The van der Waals surface area contributed by atoms with Crippen molar-refractivity contribution in [1.82, 2.24) is 5.32 Å². The second kappa shape index (κ2) is 6.67. The minimum absolute atomic E-state index is 0.179. The van der Waals surface area contributed by atoms with Crippen LogP contribution in [-0.4, -0.2) is 29.9 Å². The second-order valence-corrected chi connectivity index (χ2v) is 5.71. The smallest absolute Gasteiger partial charge is 0.408 e. The van der Waals surface area contributed by atoms with Crippen LogP contribution in [0.2, 0.25) is 5.02 Å². The number of nitrogens with one attached hydrogen (secondary N) is 1. The van der Waals surface area contributed by atoms with Gasteiger partial charge in [-0.25, -0.2) is 9.59 Å². The Bertz CT molecular complexity index is 539. The van der Waals surface area contributed by atoms with Crippen LogP contribution in [0, 0.1) is 0 Å². The number of hydrogen-bond acceptors (Lipinski definition) is 4. The maximum absolute atomic E-state index is 11.7. The van der Waals surface area contributed by atoms with Crippen molar-refractivity contribution in [3.63, 3.8) is 0 Å². The molecule has 7 heteroatoms. The van der Waals surface area contributed by atoms with Gasteiger partial charge in [0.05, 0.1) is 12.1 Å². The zero-order valence-electron chi connectivity index (χ0n) is 12.3. The predicted molar refractivity (Wildman–Crippen MR) is 77.8 cm³/mol. The van der Waals surface area contributed by atoms with Crippen LogP contribution >= 0.6 is 11.6 Å². The zero-order valence-corrected chi connectivity index (χ0v) is 13.0. The summed E-state index contributed by atoms with van der Waals surface area (Å²) in [5.41, 5.74) is -0.479. The third-order valence-corrected chi connectivity index (χ3v) is 2.75. The molecule has 0 radical (unpaired) electrons. The molecule has 0 spiro atoms. The molecule has 116 valence electrons. The number of methoxy groups -OCH3 is 1. The van der Waals surface area contributed by atoms with Gasteiger partial charge in [0, 0.05) is 5.56 Å². The lowest BCUT2D eigenvalue weighted by Gasteiger charge is -2.22. The van der Waals surface area contributed by atoms with Gasteiger partial charge < -0.3 is 19.9 Å². The molecule has 0 bridgehead atoms. The van der Waals surface area contributed by atoms with E-state index in [4.69, 9.17) is 21.1 Å². The lowest BCUT2D eigenvalue weighted by atomic mass is 10.1. The van der Waals surface area contributed by atoms with Gasteiger partial charge in [-0.15, -0.1) is 0 Å². The third kappa shape index (κ3) is 5.15. The number of halogens is 1. The van der Waals surface area contributed by atoms with Crippen molar-refractivity contribution in [2.75, 3.05) is 7.11 Å². The van der Waals surface area contributed by atoms with Crippen molar-refractivity contribution < 1.29 is 24.2 Å². The first-order valence-corrected chi connectivity index (χ1v) is 6.57. The molecule has 0 saturated carbocycles. The average Bonchev–Trinajstić information content (AvgIpc) is 2.33. The molecular weight excluding hydrogens is 298 g/mol. The van der Waals surface area contributed by atoms with Crippen molar-refractivity contribution in [3.05, 3.63) is 28.8 Å². The van der Waals surface area contributed by atoms with E-state index in [9.17, 15) is 14.7 Å². The Balaban J connectivity index is 2.98.